The molecule has 1 heterocycles. The van der Waals surface area contributed by atoms with Crippen LogP contribution in [0.4, 0.5) is 13.2 Å². The summed E-state index contributed by atoms with van der Waals surface area (Å²) in [5.74, 6) is 0.467. The second-order valence-corrected chi connectivity index (χ2v) is 2.47. The van der Waals surface area contributed by atoms with Gasteiger partial charge in [-0.25, -0.2) is 4.40 Å². The van der Waals surface area contributed by atoms with E-state index in [9.17, 15) is 13.2 Å². The van der Waals surface area contributed by atoms with Crippen LogP contribution in [0.2, 0.25) is 0 Å². The maximum atomic E-state index is 11.6. The molecule has 1 aliphatic heterocycles. The number of halogens is 3. The molecule has 0 unspecified atom stereocenters. The van der Waals surface area contributed by atoms with Crippen LogP contribution in [0.1, 0.15) is 6.42 Å². The van der Waals surface area contributed by atoms with Gasteiger partial charge in [0, 0.05) is 12.2 Å². The maximum Gasteiger partial charge on any atom is 0.430 e. The van der Waals surface area contributed by atoms with Crippen molar-refractivity contribution in [3.8, 4) is 0 Å². The summed E-state index contributed by atoms with van der Waals surface area (Å²) in [7, 11) is 0. The van der Waals surface area contributed by atoms with Gasteiger partial charge in [-0.05, 0) is 11.9 Å². The Balaban J connectivity index is 2.61. The van der Waals surface area contributed by atoms with E-state index in [4.69, 9.17) is 0 Å². The summed E-state index contributed by atoms with van der Waals surface area (Å²) in [6.07, 6.45) is -4.13. The third kappa shape index (κ3) is 1.61. The van der Waals surface area contributed by atoms with Gasteiger partial charge in [-0.1, -0.05) is 0 Å². The molecule has 1 nitrogen and oxygen atoms in total. The number of hydrogen-bond donors (Lipinski definition) is 0. The Morgan fingerprint density at radius 3 is 2.33 bits per heavy atom. The van der Waals surface area contributed by atoms with E-state index in [2.05, 4.69) is 4.40 Å². The zero-order valence-electron chi connectivity index (χ0n) is 4.40. The molecule has 0 bridgehead atoms. The average molecular weight is 155 g/mol. The fourth-order valence-corrected chi connectivity index (χ4v) is 1.23. The Kier molecular flexibility index (Phi) is 1.70. The van der Waals surface area contributed by atoms with Crippen molar-refractivity contribution in [3.63, 3.8) is 0 Å². The minimum absolute atomic E-state index is 0.0637. The summed E-state index contributed by atoms with van der Waals surface area (Å²) in [5, 5.41) is 0. The highest BCUT2D eigenvalue weighted by Crippen LogP contribution is 2.27. The van der Waals surface area contributed by atoms with Crippen molar-refractivity contribution in [1.82, 2.24) is 0 Å². The zero-order valence-corrected chi connectivity index (χ0v) is 5.22. The van der Waals surface area contributed by atoms with Crippen molar-refractivity contribution in [1.29, 1.82) is 0 Å². The molecule has 0 saturated heterocycles. The summed E-state index contributed by atoms with van der Waals surface area (Å²) in [6.45, 7) is 0. The van der Waals surface area contributed by atoms with Crippen LogP contribution in [-0.4, -0.2) is 17.6 Å². The topological polar surface area (TPSA) is 12.4 Å². The van der Waals surface area contributed by atoms with Gasteiger partial charge in [0.2, 0.25) is 0 Å². The highest BCUT2D eigenvalue weighted by Gasteiger charge is 2.36. The van der Waals surface area contributed by atoms with Crippen molar-refractivity contribution in [3.05, 3.63) is 0 Å². The third-order valence-corrected chi connectivity index (χ3v) is 1.67. The Bertz CT molecular complexity index is 139. The second-order valence-electron chi connectivity index (χ2n) is 1.62. The molecular weight excluding hydrogens is 151 g/mol. The Hall–Kier alpha value is -0.190. The van der Waals surface area contributed by atoms with E-state index in [1.165, 1.54) is 0 Å². The van der Waals surface area contributed by atoms with Crippen LogP contribution in [0, 0.1) is 0 Å². The van der Waals surface area contributed by atoms with Crippen LogP contribution in [0.15, 0.2) is 4.40 Å². The molecule has 0 aromatic carbocycles. The maximum absolute atomic E-state index is 11.6. The third-order valence-electron chi connectivity index (χ3n) is 0.932. The van der Waals surface area contributed by atoms with Gasteiger partial charge in [-0.2, -0.15) is 13.2 Å². The molecule has 1 aliphatic rings. The molecular formula is C4H4F3NS. The lowest BCUT2D eigenvalue weighted by Crippen LogP contribution is -2.20. The van der Waals surface area contributed by atoms with E-state index in [1.54, 1.807) is 0 Å². The summed E-state index contributed by atoms with van der Waals surface area (Å²) >= 11 is 0.977. The van der Waals surface area contributed by atoms with Crippen LogP contribution >= 0.6 is 11.9 Å². The first-order valence-electron chi connectivity index (χ1n) is 2.37. The van der Waals surface area contributed by atoms with E-state index >= 15 is 0 Å². The van der Waals surface area contributed by atoms with Gasteiger partial charge in [0.15, 0.2) is 0 Å². The van der Waals surface area contributed by atoms with Crippen molar-refractivity contribution in [2.24, 2.45) is 4.40 Å². The predicted molar refractivity (Wildman–Crippen MR) is 30.6 cm³/mol. The zero-order chi connectivity index (χ0) is 6.91. The SMILES string of the molecule is FC(F)(F)C1=NSCC1. The number of nitrogens with zero attached hydrogens (tertiary/aromatic N) is 1. The molecule has 0 amide bonds. The van der Waals surface area contributed by atoms with Gasteiger partial charge in [0.1, 0.15) is 5.71 Å². The monoisotopic (exact) mass is 155 g/mol. The highest BCUT2D eigenvalue weighted by molar-refractivity contribution is 7.98. The smallest absolute Gasteiger partial charge is 0.216 e. The van der Waals surface area contributed by atoms with Gasteiger partial charge in [0.05, 0.1) is 0 Å². The summed E-state index contributed by atoms with van der Waals surface area (Å²) in [4.78, 5) is 0. The summed E-state index contributed by atoms with van der Waals surface area (Å²) in [6, 6.07) is 0. The van der Waals surface area contributed by atoms with E-state index in [0.717, 1.165) is 11.9 Å². The molecule has 0 atom stereocenters. The molecule has 0 spiro atoms. The fraction of sp³-hybridized carbons (Fsp3) is 0.750. The van der Waals surface area contributed by atoms with E-state index in [1.807, 2.05) is 0 Å². The largest absolute Gasteiger partial charge is 0.430 e. The molecule has 9 heavy (non-hydrogen) atoms. The summed E-state index contributed by atoms with van der Waals surface area (Å²) < 4.78 is 38.1. The van der Waals surface area contributed by atoms with Gasteiger partial charge < -0.3 is 0 Å². The molecule has 5 heteroatoms. The lowest BCUT2D eigenvalue weighted by Gasteiger charge is -2.02. The molecule has 0 saturated carbocycles. The van der Waals surface area contributed by atoms with Gasteiger partial charge >= 0.3 is 6.18 Å². The lowest BCUT2D eigenvalue weighted by atomic mass is 10.3. The number of hydrogen-bond acceptors (Lipinski definition) is 2. The van der Waals surface area contributed by atoms with Gasteiger partial charge in [-0.15, -0.1) is 0 Å². The normalized spacial score (nSPS) is 20.1. The summed E-state index contributed by atoms with van der Waals surface area (Å²) in [5.41, 5.74) is -0.632. The Morgan fingerprint density at radius 2 is 2.11 bits per heavy atom. The van der Waals surface area contributed by atoms with Crippen LogP contribution in [0.25, 0.3) is 0 Å². The first-order chi connectivity index (χ1) is 4.11. The molecule has 0 N–H and O–H groups in total. The Morgan fingerprint density at radius 1 is 1.44 bits per heavy atom. The standard InChI is InChI=1S/C4H4F3NS/c5-4(6,7)3-1-2-9-8-3/h1-2H2. The quantitative estimate of drug-likeness (QED) is 0.487. The van der Waals surface area contributed by atoms with Crippen LogP contribution in [0.3, 0.4) is 0 Å². The average Bonchev–Trinajstić information content (AvgIpc) is 2.08. The van der Waals surface area contributed by atoms with E-state index < -0.39 is 11.9 Å². The van der Waals surface area contributed by atoms with Gasteiger partial charge in [-0.3, -0.25) is 0 Å². The van der Waals surface area contributed by atoms with E-state index in [0.29, 0.717) is 5.75 Å². The van der Waals surface area contributed by atoms with Crippen molar-refractivity contribution < 1.29 is 13.2 Å². The van der Waals surface area contributed by atoms with Gasteiger partial charge in [0.25, 0.3) is 0 Å². The predicted octanol–water partition coefficient (Wildman–Crippen LogP) is 2.04. The molecule has 0 aromatic rings. The molecule has 0 aliphatic carbocycles. The number of alkyl halides is 3. The number of rotatable bonds is 0. The first-order valence-corrected chi connectivity index (χ1v) is 3.31. The lowest BCUT2D eigenvalue weighted by molar-refractivity contribution is -0.0597. The van der Waals surface area contributed by atoms with Crippen LogP contribution in [-0.2, 0) is 0 Å². The van der Waals surface area contributed by atoms with Crippen LogP contribution in [0.5, 0.6) is 0 Å². The van der Waals surface area contributed by atoms with E-state index in [-0.39, 0.29) is 6.42 Å². The first kappa shape index (κ1) is 6.92. The highest BCUT2D eigenvalue weighted by atomic mass is 32.2. The minimum atomic E-state index is -4.19. The molecule has 1 rings (SSSR count). The second kappa shape index (κ2) is 2.21. The van der Waals surface area contributed by atoms with Crippen molar-refractivity contribution in [2.75, 3.05) is 5.75 Å². The Labute approximate surface area is 54.5 Å². The minimum Gasteiger partial charge on any atom is -0.216 e. The van der Waals surface area contributed by atoms with Crippen LogP contribution < -0.4 is 0 Å². The van der Waals surface area contributed by atoms with Crippen molar-refractivity contribution >= 4 is 17.7 Å². The molecule has 0 fully saturated rings. The van der Waals surface area contributed by atoms with Crippen molar-refractivity contribution in [2.45, 2.75) is 12.6 Å². The fourth-order valence-electron chi connectivity index (χ4n) is 0.505. The molecule has 0 radical (unpaired) electrons. The molecule has 0 aromatic heterocycles. The molecule has 52 valence electrons.